The number of esters is 1. The minimum Gasteiger partial charge on any atom is -0.466 e. The Kier molecular flexibility index (Phi) is 71.4. The molecule has 1 amide bonds. The fourth-order valence-electron chi connectivity index (χ4n) is 11.8. The van der Waals surface area contributed by atoms with Gasteiger partial charge in [-0.05, 0) is 89.9 Å². The Labute approximate surface area is 525 Å². The molecule has 0 aliphatic rings. The summed E-state index contributed by atoms with van der Waals surface area (Å²) in [5.41, 5.74) is 0. The van der Waals surface area contributed by atoms with Gasteiger partial charge in [0.05, 0.1) is 25.4 Å². The summed E-state index contributed by atoms with van der Waals surface area (Å²) < 4.78 is 5.51. The first kappa shape index (κ1) is 81.8. The lowest BCUT2D eigenvalue weighted by Crippen LogP contribution is -2.45. The van der Waals surface area contributed by atoms with Crippen molar-refractivity contribution in [3.05, 3.63) is 48.6 Å². The Bertz CT molecular complexity index is 1400. The van der Waals surface area contributed by atoms with E-state index in [-0.39, 0.29) is 18.5 Å². The zero-order valence-electron chi connectivity index (χ0n) is 56.6. The number of unbranched alkanes of at least 4 members (excludes halogenated alkanes) is 54. The van der Waals surface area contributed by atoms with Crippen molar-refractivity contribution in [2.24, 2.45) is 0 Å². The van der Waals surface area contributed by atoms with Crippen LogP contribution in [0.1, 0.15) is 412 Å². The summed E-state index contributed by atoms with van der Waals surface area (Å²) in [6.45, 7) is 4.92. The molecule has 0 aromatic rings. The molecule has 6 heteroatoms. The highest BCUT2D eigenvalue weighted by molar-refractivity contribution is 5.76. The molecule has 494 valence electrons. The van der Waals surface area contributed by atoms with Crippen LogP contribution in [0.15, 0.2) is 48.6 Å². The van der Waals surface area contributed by atoms with Gasteiger partial charge in [-0.15, -0.1) is 0 Å². The number of hydrogen-bond acceptors (Lipinski definition) is 5. The number of rotatable bonds is 71. The lowest BCUT2D eigenvalue weighted by atomic mass is 10.0. The second-order valence-corrected chi connectivity index (χ2v) is 26.0. The SMILES string of the molecule is CCCCCCCCC/C=C\CCCCCCCCCC(=O)OCCCCCCCCCCCCCCC/C=C\C/C=C\CCCCCCCCCCCCCCCCCCCC(=O)NC(CO)C(O)/C=C/CCCCCCCCCCCC. The van der Waals surface area contributed by atoms with Crippen LogP contribution in [0, 0.1) is 0 Å². The number of hydrogen-bond donors (Lipinski definition) is 3. The standard InChI is InChI=1S/C78H147NO5/c1-3-5-7-9-11-13-15-17-18-19-42-45-48-52-56-60-64-68-72-78(83)84-73-69-65-61-57-53-49-46-43-40-38-36-34-32-30-28-26-24-22-20-21-23-25-27-29-31-33-35-37-39-41-44-47-51-55-59-63-67-71-77(82)79-75(74-80)76(81)70-66-62-58-54-50-16-14-12-10-8-6-4-2/h18-20,22,26,28,66,70,75-76,80-81H,3-17,21,23-25,27,29-65,67-69,71-74H2,1-2H3,(H,79,82)/b19-18-,22-20-,28-26-,70-66+. The molecule has 0 saturated carbocycles. The summed E-state index contributed by atoms with van der Waals surface area (Å²) in [4.78, 5) is 24.6. The molecule has 2 atom stereocenters. The summed E-state index contributed by atoms with van der Waals surface area (Å²) in [7, 11) is 0. The second-order valence-electron chi connectivity index (χ2n) is 26.0. The van der Waals surface area contributed by atoms with Crippen LogP contribution >= 0.6 is 0 Å². The van der Waals surface area contributed by atoms with Crippen LogP contribution in [0.3, 0.4) is 0 Å². The molecule has 6 nitrogen and oxygen atoms in total. The zero-order chi connectivity index (χ0) is 60.6. The van der Waals surface area contributed by atoms with Gasteiger partial charge in [-0.25, -0.2) is 0 Å². The van der Waals surface area contributed by atoms with E-state index in [1.165, 1.54) is 334 Å². The second kappa shape index (κ2) is 73.3. The molecule has 0 radical (unpaired) electrons. The molecule has 84 heavy (non-hydrogen) atoms. The molecule has 0 heterocycles. The third kappa shape index (κ3) is 68.9. The van der Waals surface area contributed by atoms with Crippen LogP contribution in [-0.4, -0.2) is 47.4 Å². The third-order valence-corrected chi connectivity index (χ3v) is 17.6. The first-order valence-corrected chi connectivity index (χ1v) is 37.9. The molecular formula is C78H147NO5. The first-order chi connectivity index (χ1) is 41.5. The normalized spacial score (nSPS) is 12.8. The van der Waals surface area contributed by atoms with Crippen molar-refractivity contribution in [1.82, 2.24) is 5.32 Å². The van der Waals surface area contributed by atoms with Crippen molar-refractivity contribution in [2.45, 2.75) is 424 Å². The fraction of sp³-hybridized carbons (Fsp3) is 0.872. The van der Waals surface area contributed by atoms with Crippen LogP contribution < -0.4 is 5.32 Å². The highest BCUT2D eigenvalue weighted by Crippen LogP contribution is 2.19. The van der Waals surface area contributed by atoms with E-state index in [9.17, 15) is 19.8 Å². The maximum atomic E-state index is 12.5. The summed E-state index contributed by atoms with van der Waals surface area (Å²) in [6, 6.07) is -0.625. The van der Waals surface area contributed by atoms with Gasteiger partial charge in [0, 0.05) is 12.8 Å². The topological polar surface area (TPSA) is 95.9 Å². The van der Waals surface area contributed by atoms with Gasteiger partial charge >= 0.3 is 5.97 Å². The van der Waals surface area contributed by atoms with Crippen molar-refractivity contribution in [3.8, 4) is 0 Å². The molecule has 0 bridgehead atoms. The molecule has 3 N–H and O–H groups in total. The molecule has 0 aliphatic carbocycles. The Morgan fingerprint density at radius 2 is 0.595 bits per heavy atom. The van der Waals surface area contributed by atoms with Crippen molar-refractivity contribution in [3.63, 3.8) is 0 Å². The molecule has 0 saturated heterocycles. The van der Waals surface area contributed by atoms with E-state index in [4.69, 9.17) is 4.74 Å². The van der Waals surface area contributed by atoms with E-state index in [1.54, 1.807) is 6.08 Å². The van der Waals surface area contributed by atoms with Gasteiger partial charge in [-0.2, -0.15) is 0 Å². The van der Waals surface area contributed by atoms with Crippen molar-refractivity contribution < 1.29 is 24.5 Å². The van der Waals surface area contributed by atoms with Gasteiger partial charge in [0.25, 0.3) is 0 Å². The smallest absolute Gasteiger partial charge is 0.305 e. The summed E-state index contributed by atoms with van der Waals surface area (Å²) in [5, 5.41) is 23.1. The molecule has 0 rings (SSSR count). The number of aliphatic hydroxyl groups is 2. The van der Waals surface area contributed by atoms with Crippen LogP contribution in [0.4, 0.5) is 0 Å². The van der Waals surface area contributed by atoms with Crippen LogP contribution in [0.2, 0.25) is 0 Å². The maximum Gasteiger partial charge on any atom is 0.305 e. The van der Waals surface area contributed by atoms with Crippen molar-refractivity contribution in [2.75, 3.05) is 13.2 Å². The fourth-order valence-corrected chi connectivity index (χ4v) is 11.8. The van der Waals surface area contributed by atoms with E-state index in [0.29, 0.717) is 19.4 Å². The Hall–Kier alpha value is -2.18. The van der Waals surface area contributed by atoms with Crippen LogP contribution in [-0.2, 0) is 14.3 Å². The van der Waals surface area contributed by atoms with Gasteiger partial charge in [0.2, 0.25) is 5.91 Å². The van der Waals surface area contributed by atoms with Gasteiger partial charge in [-0.3, -0.25) is 9.59 Å². The Morgan fingerprint density at radius 1 is 0.333 bits per heavy atom. The number of amides is 1. The van der Waals surface area contributed by atoms with Crippen LogP contribution in [0.25, 0.3) is 0 Å². The average Bonchev–Trinajstić information content (AvgIpc) is 3.51. The van der Waals surface area contributed by atoms with E-state index in [1.807, 2.05) is 6.08 Å². The van der Waals surface area contributed by atoms with Gasteiger partial charge in [0.1, 0.15) is 0 Å². The van der Waals surface area contributed by atoms with Gasteiger partial charge < -0.3 is 20.3 Å². The Balaban J connectivity index is 3.35. The lowest BCUT2D eigenvalue weighted by molar-refractivity contribution is -0.143. The highest BCUT2D eigenvalue weighted by atomic mass is 16.5. The third-order valence-electron chi connectivity index (χ3n) is 17.6. The molecule has 0 aromatic carbocycles. The number of carbonyl (C=O) groups excluding carboxylic acids is 2. The van der Waals surface area contributed by atoms with Gasteiger partial charge in [-0.1, -0.05) is 358 Å². The molecular weight excluding hydrogens is 1030 g/mol. The maximum absolute atomic E-state index is 12.5. The summed E-state index contributed by atoms with van der Waals surface area (Å²) in [6.07, 6.45) is 96.6. The molecule has 0 spiro atoms. The van der Waals surface area contributed by atoms with E-state index >= 15 is 0 Å². The van der Waals surface area contributed by atoms with E-state index in [0.717, 1.165) is 51.4 Å². The number of ether oxygens (including phenoxy) is 1. The summed E-state index contributed by atoms with van der Waals surface area (Å²) in [5.74, 6) is -0.0487. The highest BCUT2D eigenvalue weighted by Gasteiger charge is 2.18. The predicted molar refractivity (Wildman–Crippen MR) is 370 cm³/mol. The monoisotopic (exact) mass is 1180 g/mol. The van der Waals surface area contributed by atoms with E-state index < -0.39 is 12.1 Å². The minimum absolute atomic E-state index is 0.0160. The number of allylic oxidation sites excluding steroid dienone is 7. The quantitative estimate of drug-likeness (QED) is 0.0320. The van der Waals surface area contributed by atoms with Crippen LogP contribution in [0.5, 0.6) is 0 Å². The van der Waals surface area contributed by atoms with E-state index in [2.05, 4.69) is 55.6 Å². The zero-order valence-corrected chi connectivity index (χ0v) is 56.6. The molecule has 0 aliphatic heterocycles. The van der Waals surface area contributed by atoms with Crippen molar-refractivity contribution in [1.29, 1.82) is 0 Å². The lowest BCUT2D eigenvalue weighted by Gasteiger charge is -2.20. The minimum atomic E-state index is -0.842. The number of nitrogens with one attached hydrogen (secondary N) is 1. The Morgan fingerprint density at radius 3 is 0.917 bits per heavy atom. The molecule has 0 fully saturated rings. The molecule has 0 aromatic heterocycles. The number of aliphatic hydroxyl groups excluding tert-OH is 2. The average molecular weight is 1180 g/mol. The molecule has 2 unspecified atom stereocenters. The first-order valence-electron chi connectivity index (χ1n) is 37.9. The van der Waals surface area contributed by atoms with Crippen molar-refractivity contribution >= 4 is 11.9 Å². The number of carbonyl (C=O) groups is 2. The largest absolute Gasteiger partial charge is 0.466 e. The van der Waals surface area contributed by atoms with Gasteiger partial charge in [0.15, 0.2) is 0 Å². The summed E-state index contributed by atoms with van der Waals surface area (Å²) >= 11 is 0. The predicted octanol–water partition coefficient (Wildman–Crippen LogP) is 24.8.